The molecule has 6 nitrogen and oxygen atoms in total. The van der Waals surface area contributed by atoms with E-state index >= 15 is 0 Å². The van der Waals surface area contributed by atoms with Crippen molar-refractivity contribution in [2.24, 2.45) is 0 Å². The predicted octanol–water partition coefficient (Wildman–Crippen LogP) is 1.88. The van der Waals surface area contributed by atoms with Gasteiger partial charge < -0.3 is 4.52 Å². The number of aryl methyl sites for hydroxylation is 1. The minimum atomic E-state index is -0.469. The molecule has 1 fully saturated rings. The lowest BCUT2D eigenvalue weighted by atomic mass is 10.1. The van der Waals surface area contributed by atoms with Crippen molar-refractivity contribution in [3.8, 4) is 6.07 Å². The number of nitriles is 1. The van der Waals surface area contributed by atoms with Crippen LogP contribution in [-0.2, 0) is 6.54 Å². The van der Waals surface area contributed by atoms with Crippen molar-refractivity contribution in [3.63, 3.8) is 0 Å². The van der Waals surface area contributed by atoms with E-state index in [1.165, 1.54) is 12.1 Å². The zero-order valence-electron chi connectivity index (χ0n) is 13.2. The summed E-state index contributed by atoms with van der Waals surface area (Å²) in [5, 5.41) is 12.6. The molecule has 23 heavy (non-hydrogen) atoms. The van der Waals surface area contributed by atoms with Gasteiger partial charge in [-0.25, -0.2) is 4.39 Å². The first-order chi connectivity index (χ1) is 11.1. The van der Waals surface area contributed by atoms with Gasteiger partial charge in [0.15, 0.2) is 5.82 Å². The van der Waals surface area contributed by atoms with E-state index in [1.807, 2.05) is 13.1 Å². The largest absolute Gasteiger partial charge is 0.338 e. The second-order valence-corrected chi connectivity index (χ2v) is 5.84. The first-order valence-corrected chi connectivity index (χ1v) is 7.48. The van der Waals surface area contributed by atoms with Gasteiger partial charge >= 0.3 is 0 Å². The number of nitrogens with zero attached hydrogens (tertiary/aromatic N) is 5. The fourth-order valence-electron chi connectivity index (χ4n) is 2.79. The van der Waals surface area contributed by atoms with Crippen LogP contribution < -0.4 is 0 Å². The molecule has 1 aromatic heterocycles. The minimum absolute atomic E-state index is 0.0354. The average molecular weight is 315 g/mol. The number of likely N-dealkylation sites (N-methyl/N-ethyl adjacent to an activating group) is 1. The van der Waals surface area contributed by atoms with Gasteiger partial charge in [0.05, 0.1) is 5.56 Å². The molecule has 2 heterocycles. The number of benzene rings is 1. The van der Waals surface area contributed by atoms with Crippen LogP contribution in [0.15, 0.2) is 22.7 Å². The molecule has 7 heteroatoms. The third-order valence-electron chi connectivity index (χ3n) is 4.12. The highest BCUT2D eigenvalue weighted by atomic mass is 19.1. The molecular formula is C16H18FN5O. The van der Waals surface area contributed by atoms with Gasteiger partial charge in [-0.1, -0.05) is 11.2 Å². The molecule has 1 aliphatic heterocycles. The highest BCUT2D eigenvalue weighted by Crippen LogP contribution is 2.24. The summed E-state index contributed by atoms with van der Waals surface area (Å²) in [7, 11) is 2.03. The first kappa shape index (κ1) is 15.6. The number of hydrogen-bond acceptors (Lipinski definition) is 6. The van der Waals surface area contributed by atoms with Crippen molar-refractivity contribution < 1.29 is 8.91 Å². The Hall–Kier alpha value is -2.30. The topological polar surface area (TPSA) is 69.2 Å². The van der Waals surface area contributed by atoms with Crippen molar-refractivity contribution in [2.75, 3.05) is 26.7 Å². The molecule has 0 unspecified atom stereocenters. The second-order valence-electron chi connectivity index (χ2n) is 5.84. The van der Waals surface area contributed by atoms with Crippen molar-refractivity contribution >= 4 is 0 Å². The van der Waals surface area contributed by atoms with E-state index < -0.39 is 5.82 Å². The summed E-state index contributed by atoms with van der Waals surface area (Å²) >= 11 is 0. The molecule has 0 N–H and O–H groups in total. The molecule has 1 aromatic carbocycles. The summed E-state index contributed by atoms with van der Waals surface area (Å²) in [5.74, 6) is 0.767. The van der Waals surface area contributed by atoms with Crippen LogP contribution in [0.2, 0.25) is 0 Å². The van der Waals surface area contributed by atoms with Crippen molar-refractivity contribution in [3.05, 3.63) is 46.9 Å². The Morgan fingerprint density at radius 1 is 1.43 bits per heavy atom. The summed E-state index contributed by atoms with van der Waals surface area (Å²) in [5.41, 5.74) is 0.929. The van der Waals surface area contributed by atoms with Gasteiger partial charge in [0.1, 0.15) is 17.9 Å². The highest BCUT2D eigenvalue weighted by molar-refractivity contribution is 5.33. The quantitative estimate of drug-likeness (QED) is 0.861. The molecule has 3 rings (SSSR count). The molecule has 0 spiro atoms. The smallest absolute Gasteiger partial charge is 0.245 e. The SMILES string of the molecule is Cc1noc([C@H]2CN(Cc3ccc(C#N)c(F)c3)CCN2C)n1. The van der Waals surface area contributed by atoms with Crippen LogP contribution in [0.3, 0.4) is 0 Å². The van der Waals surface area contributed by atoms with Gasteiger partial charge in [-0.3, -0.25) is 9.80 Å². The average Bonchev–Trinajstić information content (AvgIpc) is 2.96. The molecule has 2 aromatic rings. The lowest BCUT2D eigenvalue weighted by Gasteiger charge is -2.37. The lowest BCUT2D eigenvalue weighted by Crippen LogP contribution is -2.46. The molecule has 0 bridgehead atoms. The molecule has 0 saturated carbocycles. The molecular weight excluding hydrogens is 297 g/mol. The zero-order chi connectivity index (χ0) is 16.4. The van der Waals surface area contributed by atoms with Gasteiger partial charge in [0, 0.05) is 26.2 Å². The zero-order valence-corrected chi connectivity index (χ0v) is 13.2. The van der Waals surface area contributed by atoms with Crippen molar-refractivity contribution in [2.45, 2.75) is 19.5 Å². The molecule has 0 amide bonds. The number of rotatable bonds is 3. The van der Waals surface area contributed by atoms with Crippen LogP contribution in [0.25, 0.3) is 0 Å². The van der Waals surface area contributed by atoms with E-state index in [4.69, 9.17) is 9.78 Å². The van der Waals surface area contributed by atoms with E-state index in [-0.39, 0.29) is 11.6 Å². The van der Waals surface area contributed by atoms with E-state index in [0.29, 0.717) is 18.3 Å². The normalized spacial score (nSPS) is 19.7. The summed E-state index contributed by atoms with van der Waals surface area (Å²) in [6, 6.07) is 6.63. The van der Waals surface area contributed by atoms with E-state index in [9.17, 15) is 4.39 Å². The Balaban J connectivity index is 1.71. The van der Waals surface area contributed by atoms with Crippen LogP contribution in [0.1, 0.15) is 28.9 Å². The van der Waals surface area contributed by atoms with Crippen LogP contribution in [-0.4, -0.2) is 46.6 Å². The molecule has 120 valence electrons. The van der Waals surface area contributed by atoms with E-state index in [2.05, 4.69) is 19.9 Å². The lowest BCUT2D eigenvalue weighted by molar-refractivity contribution is 0.0714. The maximum atomic E-state index is 13.7. The van der Waals surface area contributed by atoms with Crippen LogP contribution in [0.5, 0.6) is 0 Å². The fraction of sp³-hybridized carbons (Fsp3) is 0.438. The Morgan fingerprint density at radius 2 is 2.26 bits per heavy atom. The standard InChI is InChI=1S/C16H18FN5O/c1-11-19-16(23-20-11)15-10-22(6-5-21(15)2)9-12-3-4-13(8-18)14(17)7-12/h3-4,7,15H,5-6,9-10H2,1-2H3/t15-/m1/s1. The van der Waals surface area contributed by atoms with Crippen LogP contribution in [0, 0.1) is 24.1 Å². The van der Waals surface area contributed by atoms with Crippen molar-refractivity contribution in [1.82, 2.24) is 19.9 Å². The fourth-order valence-corrected chi connectivity index (χ4v) is 2.79. The number of piperazine rings is 1. The molecule has 0 radical (unpaired) electrons. The van der Waals surface area contributed by atoms with Crippen LogP contribution >= 0.6 is 0 Å². The molecule has 1 saturated heterocycles. The van der Waals surface area contributed by atoms with E-state index in [1.54, 1.807) is 13.0 Å². The third kappa shape index (κ3) is 3.38. The van der Waals surface area contributed by atoms with Gasteiger partial charge in [-0.2, -0.15) is 10.2 Å². The Labute approximate surface area is 134 Å². The Morgan fingerprint density at radius 3 is 2.91 bits per heavy atom. The summed E-state index contributed by atoms with van der Waals surface area (Å²) in [6.07, 6.45) is 0. The van der Waals surface area contributed by atoms with E-state index in [0.717, 1.165) is 25.2 Å². The summed E-state index contributed by atoms with van der Waals surface area (Å²) in [6.45, 7) is 4.90. The van der Waals surface area contributed by atoms with Gasteiger partial charge in [-0.15, -0.1) is 0 Å². The Kier molecular flexibility index (Phi) is 4.37. The minimum Gasteiger partial charge on any atom is -0.338 e. The molecule has 0 aliphatic carbocycles. The van der Waals surface area contributed by atoms with Gasteiger partial charge in [0.25, 0.3) is 0 Å². The number of aromatic nitrogens is 2. The summed E-state index contributed by atoms with van der Waals surface area (Å²) in [4.78, 5) is 8.73. The second kappa shape index (κ2) is 6.44. The van der Waals surface area contributed by atoms with Crippen LogP contribution in [0.4, 0.5) is 4.39 Å². The number of halogens is 1. The van der Waals surface area contributed by atoms with Gasteiger partial charge in [0.2, 0.25) is 5.89 Å². The first-order valence-electron chi connectivity index (χ1n) is 7.48. The maximum Gasteiger partial charge on any atom is 0.245 e. The highest BCUT2D eigenvalue weighted by Gasteiger charge is 2.29. The predicted molar refractivity (Wildman–Crippen MR) is 80.8 cm³/mol. The Bertz CT molecular complexity index is 738. The summed E-state index contributed by atoms with van der Waals surface area (Å²) < 4.78 is 19.0. The molecule has 1 atom stereocenters. The monoisotopic (exact) mass is 315 g/mol. The van der Waals surface area contributed by atoms with Gasteiger partial charge in [-0.05, 0) is 31.7 Å². The maximum absolute atomic E-state index is 13.7. The molecule has 1 aliphatic rings. The number of hydrogen-bond donors (Lipinski definition) is 0. The van der Waals surface area contributed by atoms with Crippen molar-refractivity contribution in [1.29, 1.82) is 5.26 Å². The third-order valence-corrected chi connectivity index (χ3v) is 4.12.